The molecule has 3 nitrogen and oxygen atoms in total. The van der Waals surface area contributed by atoms with Gasteiger partial charge in [0.2, 0.25) is 0 Å². The van der Waals surface area contributed by atoms with E-state index in [2.05, 4.69) is 43.0 Å². The van der Waals surface area contributed by atoms with Gasteiger partial charge >= 0.3 is 0 Å². The van der Waals surface area contributed by atoms with Crippen molar-refractivity contribution in [1.29, 1.82) is 0 Å². The minimum atomic E-state index is 0.180. The van der Waals surface area contributed by atoms with Gasteiger partial charge in [-0.2, -0.15) is 0 Å². The van der Waals surface area contributed by atoms with Crippen LogP contribution in [0.1, 0.15) is 26.5 Å². The van der Waals surface area contributed by atoms with Gasteiger partial charge in [-0.15, -0.1) is 0 Å². The molecule has 0 atom stereocenters. The van der Waals surface area contributed by atoms with Crippen molar-refractivity contribution in [2.75, 3.05) is 20.1 Å². The Kier molecular flexibility index (Phi) is 5.37. The Morgan fingerprint density at radius 1 is 1.35 bits per heavy atom. The highest BCUT2D eigenvalue weighted by molar-refractivity contribution is 6.30. The number of hydrogen-bond acceptors (Lipinski definition) is 3. The van der Waals surface area contributed by atoms with Crippen molar-refractivity contribution in [2.24, 2.45) is 0 Å². The first kappa shape index (κ1) is 14.4. The summed E-state index contributed by atoms with van der Waals surface area (Å²) < 4.78 is 0. The number of aromatic nitrogens is 1. The van der Waals surface area contributed by atoms with Crippen molar-refractivity contribution in [3.05, 3.63) is 29.0 Å². The highest BCUT2D eigenvalue weighted by Gasteiger charge is 2.08. The largest absolute Gasteiger partial charge is 0.311 e. The van der Waals surface area contributed by atoms with E-state index in [0.717, 1.165) is 25.3 Å². The molecule has 0 aliphatic heterocycles. The maximum absolute atomic E-state index is 5.80. The second kappa shape index (κ2) is 6.34. The summed E-state index contributed by atoms with van der Waals surface area (Å²) in [5, 5.41) is 4.15. The van der Waals surface area contributed by atoms with E-state index in [4.69, 9.17) is 11.6 Å². The van der Waals surface area contributed by atoms with Crippen LogP contribution in [0.2, 0.25) is 5.02 Å². The topological polar surface area (TPSA) is 28.2 Å². The Bertz CT molecular complexity index is 330. The Morgan fingerprint density at radius 2 is 2.06 bits per heavy atom. The van der Waals surface area contributed by atoms with Crippen molar-refractivity contribution in [3.63, 3.8) is 0 Å². The second-order valence-electron chi connectivity index (χ2n) is 5.38. The summed E-state index contributed by atoms with van der Waals surface area (Å²) in [4.78, 5) is 6.53. The molecule has 1 rings (SSSR count). The van der Waals surface area contributed by atoms with Crippen LogP contribution in [-0.4, -0.2) is 35.6 Å². The van der Waals surface area contributed by atoms with Crippen LogP contribution >= 0.6 is 11.6 Å². The number of nitrogens with one attached hydrogen (secondary N) is 1. The first-order chi connectivity index (χ1) is 7.87. The Balaban J connectivity index is 2.30. The molecule has 1 N–H and O–H groups in total. The molecule has 0 radical (unpaired) electrons. The van der Waals surface area contributed by atoms with Gasteiger partial charge in [0.15, 0.2) is 0 Å². The van der Waals surface area contributed by atoms with Crippen molar-refractivity contribution in [2.45, 2.75) is 32.9 Å². The molecule has 0 aromatic carbocycles. The van der Waals surface area contributed by atoms with Crippen LogP contribution in [-0.2, 0) is 6.54 Å². The summed E-state index contributed by atoms with van der Waals surface area (Å²) in [7, 11) is 2.10. The number of pyridine rings is 1. The standard InChI is InChI=1S/C13H22ClN3/c1-13(2,3)16-7-8-17(4)10-12-6-5-11(14)9-15-12/h5-6,9,16H,7-8,10H2,1-4H3. The van der Waals surface area contributed by atoms with Crippen LogP contribution in [0.4, 0.5) is 0 Å². The molecule has 1 aromatic rings. The van der Waals surface area contributed by atoms with E-state index in [0.29, 0.717) is 5.02 Å². The first-order valence-electron chi connectivity index (χ1n) is 5.91. The van der Waals surface area contributed by atoms with Gasteiger partial charge in [-0.3, -0.25) is 9.88 Å². The average Bonchev–Trinajstić information content (AvgIpc) is 2.19. The summed E-state index contributed by atoms with van der Waals surface area (Å²) in [5.41, 5.74) is 1.23. The number of likely N-dealkylation sites (N-methyl/N-ethyl adjacent to an activating group) is 1. The molecule has 1 heterocycles. The molecule has 0 unspecified atom stereocenters. The van der Waals surface area contributed by atoms with Gasteiger partial charge in [-0.1, -0.05) is 11.6 Å². The monoisotopic (exact) mass is 255 g/mol. The van der Waals surface area contributed by atoms with Gasteiger partial charge in [-0.05, 0) is 40.0 Å². The zero-order valence-electron chi connectivity index (χ0n) is 11.1. The molecular formula is C13H22ClN3. The van der Waals surface area contributed by atoms with Crippen LogP contribution in [0, 0.1) is 0 Å². The molecule has 0 bridgehead atoms. The Labute approximate surface area is 109 Å². The van der Waals surface area contributed by atoms with Crippen LogP contribution in [0.25, 0.3) is 0 Å². The molecule has 0 spiro atoms. The van der Waals surface area contributed by atoms with Crippen LogP contribution in [0.15, 0.2) is 18.3 Å². The van der Waals surface area contributed by atoms with Gasteiger partial charge in [0.05, 0.1) is 10.7 Å². The highest BCUT2D eigenvalue weighted by Crippen LogP contribution is 2.07. The van der Waals surface area contributed by atoms with Crippen LogP contribution < -0.4 is 5.32 Å². The zero-order chi connectivity index (χ0) is 12.9. The average molecular weight is 256 g/mol. The van der Waals surface area contributed by atoms with E-state index in [-0.39, 0.29) is 5.54 Å². The molecule has 0 saturated heterocycles. The molecule has 96 valence electrons. The smallest absolute Gasteiger partial charge is 0.0589 e. The number of halogens is 1. The minimum absolute atomic E-state index is 0.180. The van der Waals surface area contributed by atoms with E-state index in [9.17, 15) is 0 Å². The third-order valence-electron chi connectivity index (χ3n) is 2.37. The predicted molar refractivity (Wildman–Crippen MR) is 73.3 cm³/mol. The minimum Gasteiger partial charge on any atom is -0.311 e. The van der Waals surface area contributed by atoms with Gasteiger partial charge in [0, 0.05) is 31.4 Å². The lowest BCUT2D eigenvalue weighted by atomic mass is 10.1. The second-order valence-corrected chi connectivity index (χ2v) is 5.82. The van der Waals surface area contributed by atoms with Gasteiger partial charge in [-0.25, -0.2) is 0 Å². The maximum Gasteiger partial charge on any atom is 0.0589 e. The van der Waals surface area contributed by atoms with Gasteiger partial charge < -0.3 is 5.32 Å². The Morgan fingerprint density at radius 3 is 2.59 bits per heavy atom. The fourth-order valence-corrected chi connectivity index (χ4v) is 1.59. The zero-order valence-corrected chi connectivity index (χ0v) is 11.9. The summed E-state index contributed by atoms with van der Waals surface area (Å²) in [5.74, 6) is 0. The Hall–Kier alpha value is -0.640. The molecule has 4 heteroatoms. The third-order valence-corrected chi connectivity index (χ3v) is 2.59. The van der Waals surface area contributed by atoms with E-state index < -0.39 is 0 Å². The van der Waals surface area contributed by atoms with Crippen LogP contribution in [0.3, 0.4) is 0 Å². The van der Waals surface area contributed by atoms with Crippen molar-refractivity contribution in [3.8, 4) is 0 Å². The number of rotatable bonds is 5. The number of hydrogen-bond donors (Lipinski definition) is 1. The van der Waals surface area contributed by atoms with Crippen molar-refractivity contribution >= 4 is 11.6 Å². The maximum atomic E-state index is 5.80. The summed E-state index contributed by atoms with van der Waals surface area (Å²) in [6, 6.07) is 3.85. The SMILES string of the molecule is CN(CCNC(C)(C)C)Cc1ccc(Cl)cn1. The van der Waals surface area contributed by atoms with Crippen molar-refractivity contribution in [1.82, 2.24) is 15.2 Å². The van der Waals surface area contributed by atoms with E-state index >= 15 is 0 Å². The number of nitrogens with zero attached hydrogens (tertiary/aromatic N) is 2. The first-order valence-corrected chi connectivity index (χ1v) is 6.28. The normalized spacial score (nSPS) is 12.1. The quantitative estimate of drug-likeness (QED) is 0.877. The van der Waals surface area contributed by atoms with E-state index in [1.807, 2.05) is 12.1 Å². The fraction of sp³-hybridized carbons (Fsp3) is 0.615. The summed E-state index contributed by atoms with van der Waals surface area (Å²) >= 11 is 5.80. The molecule has 0 aliphatic carbocycles. The lowest BCUT2D eigenvalue weighted by Crippen LogP contribution is -2.40. The van der Waals surface area contributed by atoms with Crippen molar-refractivity contribution < 1.29 is 0 Å². The van der Waals surface area contributed by atoms with Crippen LogP contribution in [0.5, 0.6) is 0 Å². The van der Waals surface area contributed by atoms with E-state index in [1.165, 1.54) is 0 Å². The molecule has 0 amide bonds. The fourth-order valence-electron chi connectivity index (χ4n) is 1.48. The molecule has 1 aromatic heterocycles. The molecule has 0 saturated carbocycles. The third kappa shape index (κ3) is 6.61. The molecular weight excluding hydrogens is 234 g/mol. The van der Waals surface area contributed by atoms with Gasteiger partial charge in [0.25, 0.3) is 0 Å². The molecule has 17 heavy (non-hydrogen) atoms. The highest BCUT2D eigenvalue weighted by atomic mass is 35.5. The predicted octanol–water partition coefficient (Wildman–Crippen LogP) is 2.55. The summed E-state index contributed by atoms with van der Waals surface area (Å²) in [6.45, 7) is 9.35. The molecule has 0 aliphatic rings. The van der Waals surface area contributed by atoms with Gasteiger partial charge in [0.1, 0.15) is 0 Å². The lowest BCUT2D eigenvalue weighted by Gasteiger charge is -2.23. The molecule has 0 fully saturated rings. The van der Waals surface area contributed by atoms with E-state index in [1.54, 1.807) is 6.20 Å². The lowest BCUT2D eigenvalue weighted by molar-refractivity contribution is 0.300. The summed E-state index contributed by atoms with van der Waals surface area (Å²) in [6.07, 6.45) is 1.69.